The average molecular weight is 463 g/mol. The number of nitrogens with zero attached hydrogens (tertiary/aromatic N) is 4. The van der Waals surface area contributed by atoms with Crippen molar-refractivity contribution < 1.29 is 4.79 Å². The van der Waals surface area contributed by atoms with Crippen LogP contribution in [-0.4, -0.2) is 35.0 Å². The highest BCUT2D eigenvalue weighted by Crippen LogP contribution is 2.44. The van der Waals surface area contributed by atoms with Crippen LogP contribution in [-0.2, 0) is 16.9 Å². The van der Waals surface area contributed by atoms with Gasteiger partial charge in [0.1, 0.15) is 12.0 Å². The van der Waals surface area contributed by atoms with Crippen LogP contribution in [0.3, 0.4) is 0 Å². The van der Waals surface area contributed by atoms with Crippen LogP contribution in [0.15, 0.2) is 60.9 Å². The Balaban J connectivity index is 1.45. The first-order chi connectivity index (χ1) is 16.0. The van der Waals surface area contributed by atoms with Gasteiger partial charge in [0.15, 0.2) is 24.1 Å². The zero-order valence-corrected chi connectivity index (χ0v) is 19.2. The van der Waals surface area contributed by atoms with Gasteiger partial charge in [0.05, 0.1) is 0 Å². The Morgan fingerprint density at radius 2 is 1.94 bits per heavy atom. The first-order valence-electron chi connectivity index (χ1n) is 11.2. The number of fused-ring (bicyclic) bond motifs is 1. The first-order valence-corrected chi connectivity index (χ1v) is 11.6. The Labute approximate surface area is 198 Å². The monoisotopic (exact) mass is 462 g/mol. The third-order valence-electron chi connectivity index (χ3n) is 6.72. The summed E-state index contributed by atoms with van der Waals surface area (Å²) < 4.78 is 0. The lowest BCUT2D eigenvalue weighted by molar-refractivity contribution is -0.108. The fourth-order valence-corrected chi connectivity index (χ4v) is 5.14. The Kier molecular flexibility index (Phi) is 5.68. The normalized spacial score (nSPS) is 24.3. The van der Waals surface area contributed by atoms with Crippen molar-refractivity contribution in [3.63, 3.8) is 0 Å². The smallest absolute Gasteiger partial charge is 0.162 e. The van der Waals surface area contributed by atoms with Crippen molar-refractivity contribution in [1.29, 1.82) is 0 Å². The second-order valence-electron chi connectivity index (χ2n) is 8.89. The third-order valence-corrected chi connectivity index (χ3v) is 6.97. The van der Waals surface area contributed by atoms with E-state index in [4.69, 9.17) is 17.3 Å². The van der Waals surface area contributed by atoms with E-state index in [1.54, 1.807) is 6.33 Å². The lowest BCUT2D eigenvalue weighted by Gasteiger charge is -2.45. The molecule has 0 saturated carbocycles. The maximum Gasteiger partial charge on any atom is 0.162 e. The summed E-state index contributed by atoms with van der Waals surface area (Å²) in [6.45, 7) is 3.50. The van der Waals surface area contributed by atoms with Gasteiger partial charge in [0.25, 0.3) is 0 Å². The lowest BCUT2D eigenvalue weighted by Crippen LogP contribution is -2.53. The minimum atomic E-state index is -0.488. The number of aldehydes is 1. The highest BCUT2D eigenvalue weighted by atomic mass is 35.5. The highest BCUT2D eigenvalue weighted by molar-refractivity contribution is 6.30. The molecule has 3 unspecified atom stereocenters. The molecule has 1 aromatic heterocycles. The number of halogens is 1. The zero-order valence-electron chi connectivity index (χ0n) is 18.5. The quantitative estimate of drug-likeness (QED) is 0.555. The van der Waals surface area contributed by atoms with Crippen LogP contribution in [0.2, 0.25) is 5.02 Å². The third kappa shape index (κ3) is 4.03. The zero-order chi connectivity index (χ0) is 23.0. The summed E-state index contributed by atoms with van der Waals surface area (Å²) in [6.07, 6.45) is 3.54. The van der Waals surface area contributed by atoms with Gasteiger partial charge in [-0.25, -0.2) is 9.97 Å². The van der Waals surface area contributed by atoms with Crippen molar-refractivity contribution in [3.8, 4) is 0 Å². The number of nitrogens with one attached hydrogen (secondary N) is 1. The summed E-state index contributed by atoms with van der Waals surface area (Å²) in [5.41, 5.74) is 9.52. The minimum Gasteiger partial charge on any atom is -0.352 e. The van der Waals surface area contributed by atoms with Gasteiger partial charge < -0.3 is 20.9 Å². The Bertz CT molecular complexity index is 1140. The molecule has 0 aliphatic carbocycles. The minimum absolute atomic E-state index is 0.146. The number of hydrogen-bond acceptors (Lipinski definition) is 7. The molecule has 3 heterocycles. The molecule has 2 aliphatic heterocycles. The summed E-state index contributed by atoms with van der Waals surface area (Å²) in [4.78, 5) is 25.3. The molecule has 3 aromatic rings. The van der Waals surface area contributed by atoms with Crippen LogP contribution in [0.25, 0.3) is 0 Å². The van der Waals surface area contributed by atoms with Gasteiger partial charge in [0.2, 0.25) is 0 Å². The second kappa shape index (κ2) is 8.65. The molecule has 1 fully saturated rings. The predicted molar refractivity (Wildman–Crippen MR) is 131 cm³/mol. The summed E-state index contributed by atoms with van der Waals surface area (Å²) in [7, 11) is 0. The van der Waals surface area contributed by atoms with Crippen LogP contribution >= 0.6 is 11.6 Å². The van der Waals surface area contributed by atoms with Gasteiger partial charge in [-0.2, -0.15) is 0 Å². The standard InChI is InChI=1S/C25H27ClN6O/c1-17-13-25(27,19-7-9-20(26)10-8-19)11-12-31(17)24-22-23(28-16-29-24)30-21(15-33)32(22)14-18-5-3-2-4-6-18/h2-10,15-17,21H,11-14,27H2,1H3,(H,28,29,30). The van der Waals surface area contributed by atoms with Gasteiger partial charge in [-0.15, -0.1) is 0 Å². The second-order valence-corrected chi connectivity index (χ2v) is 9.33. The maximum atomic E-state index is 11.9. The number of hydrogen-bond donors (Lipinski definition) is 2. The van der Waals surface area contributed by atoms with Gasteiger partial charge in [-0.1, -0.05) is 54.1 Å². The van der Waals surface area contributed by atoms with Crippen LogP contribution in [0.4, 0.5) is 17.3 Å². The van der Waals surface area contributed by atoms with E-state index in [9.17, 15) is 4.79 Å². The summed E-state index contributed by atoms with van der Waals surface area (Å²) in [5, 5.41) is 3.95. The van der Waals surface area contributed by atoms with E-state index in [0.717, 1.165) is 48.3 Å². The van der Waals surface area contributed by atoms with E-state index in [0.29, 0.717) is 17.4 Å². The first kappa shape index (κ1) is 21.7. The molecule has 3 atom stereocenters. The van der Waals surface area contributed by atoms with E-state index in [-0.39, 0.29) is 6.04 Å². The van der Waals surface area contributed by atoms with Crippen molar-refractivity contribution in [2.24, 2.45) is 5.73 Å². The number of anilines is 3. The molecule has 3 N–H and O–H groups in total. The molecule has 2 aliphatic rings. The molecule has 0 bridgehead atoms. The number of nitrogens with two attached hydrogens (primary N) is 1. The van der Waals surface area contributed by atoms with E-state index < -0.39 is 11.7 Å². The maximum absolute atomic E-state index is 11.9. The molecule has 0 spiro atoms. The van der Waals surface area contributed by atoms with E-state index in [1.165, 1.54) is 0 Å². The molecule has 170 valence electrons. The summed E-state index contributed by atoms with van der Waals surface area (Å²) in [5.74, 6) is 1.51. The van der Waals surface area contributed by atoms with Crippen LogP contribution in [0.5, 0.6) is 0 Å². The molecular formula is C25H27ClN6O. The Morgan fingerprint density at radius 1 is 1.18 bits per heavy atom. The van der Waals surface area contributed by atoms with Crippen molar-refractivity contribution in [2.45, 2.75) is 44.1 Å². The average Bonchev–Trinajstić information content (AvgIpc) is 3.18. The van der Waals surface area contributed by atoms with E-state index in [2.05, 4.69) is 39.2 Å². The molecule has 2 aromatic carbocycles. The molecule has 8 heteroatoms. The van der Waals surface area contributed by atoms with Gasteiger partial charge in [0, 0.05) is 29.7 Å². The summed E-state index contributed by atoms with van der Waals surface area (Å²) >= 11 is 6.08. The van der Waals surface area contributed by atoms with Gasteiger partial charge in [-0.3, -0.25) is 4.79 Å². The van der Waals surface area contributed by atoms with Crippen molar-refractivity contribution in [1.82, 2.24) is 9.97 Å². The number of benzene rings is 2. The molecule has 33 heavy (non-hydrogen) atoms. The van der Waals surface area contributed by atoms with Crippen LogP contribution in [0, 0.1) is 0 Å². The van der Waals surface area contributed by atoms with Crippen molar-refractivity contribution in [3.05, 3.63) is 77.1 Å². The highest BCUT2D eigenvalue weighted by Gasteiger charge is 2.40. The van der Waals surface area contributed by atoms with Crippen molar-refractivity contribution in [2.75, 3.05) is 21.7 Å². The number of carbonyl (C=O) groups excluding carboxylic acids is 1. The van der Waals surface area contributed by atoms with Gasteiger partial charge >= 0.3 is 0 Å². The summed E-state index contributed by atoms with van der Waals surface area (Å²) in [6, 6.07) is 18.1. The molecule has 5 rings (SSSR count). The Morgan fingerprint density at radius 3 is 2.64 bits per heavy atom. The van der Waals surface area contributed by atoms with Crippen molar-refractivity contribution >= 4 is 35.2 Å². The SMILES string of the molecule is CC1CC(N)(c2ccc(Cl)cc2)CCN1c1ncnc2c1N(Cc1ccccc1)C(C=O)N2. The van der Waals surface area contributed by atoms with Crippen LogP contribution < -0.4 is 20.9 Å². The topological polar surface area (TPSA) is 87.4 Å². The molecule has 0 radical (unpaired) electrons. The molecular weight excluding hydrogens is 436 g/mol. The Hall–Kier alpha value is -3.16. The van der Waals surface area contributed by atoms with Gasteiger partial charge in [-0.05, 0) is 43.0 Å². The van der Waals surface area contributed by atoms with Crippen LogP contribution in [0.1, 0.15) is 30.9 Å². The fraction of sp³-hybridized carbons (Fsp3) is 0.320. The lowest BCUT2D eigenvalue weighted by atomic mass is 9.79. The number of carbonyl (C=O) groups is 1. The number of aromatic nitrogens is 2. The van der Waals surface area contributed by atoms with E-state index >= 15 is 0 Å². The number of piperidine rings is 1. The molecule has 1 saturated heterocycles. The number of rotatable bonds is 5. The fourth-order valence-electron chi connectivity index (χ4n) is 5.01. The molecule has 7 nitrogen and oxygen atoms in total. The van der Waals surface area contributed by atoms with E-state index in [1.807, 2.05) is 47.4 Å². The molecule has 0 amide bonds. The predicted octanol–water partition coefficient (Wildman–Crippen LogP) is 3.93. The largest absolute Gasteiger partial charge is 0.352 e.